The number of nitrogens with one attached hydrogen (secondary N) is 1. The third-order valence-corrected chi connectivity index (χ3v) is 4.55. The molecule has 0 bridgehead atoms. The fraction of sp³-hybridized carbons (Fsp3) is 0.474. The van der Waals surface area contributed by atoms with E-state index in [9.17, 15) is 39.5 Å². The van der Waals surface area contributed by atoms with Crippen LogP contribution >= 0.6 is 0 Å². The molecule has 0 radical (unpaired) electrons. The van der Waals surface area contributed by atoms with Gasteiger partial charge in [-0.2, -0.15) is 39.5 Å². The van der Waals surface area contributed by atoms with E-state index in [1.54, 1.807) is 6.92 Å². The third-order valence-electron chi connectivity index (χ3n) is 4.55. The van der Waals surface area contributed by atoms with Gasteiger partial charge in [0.1, 0.15) is 11.9 Å². The molecule has 4 nitrogen and oxygen atoms in total. The molecule has 0 aromatic heterocycles. The van der Waals surface area contributed by atoms with Crippen LogP contribution in [0.5, 0.6) is 0 Å². The Bertz CT molecular complexity index is 901. The topological polar surface area (TPSA) is 48.7 Å². The normalized spacial score (nSPS) is 21.3. The lowest BCUT2D eigenvalue weighted by Crippen LogP contribution is -2.54. The minimum absolute atomic E-state index is 0.165. The van der Waals surface area contributed by atoms with Crippen molar-refractivity contribution < 1.29 is 44.3 Å². The zero-order valence-electron chi connectivity index (χ0n) is 16.7. The maximum atomic E-state index is 13.6. The first kappa shape index (κ1) is 25.8. The summed E-state index contributed by atoms with van der Waals surface area (Å²) in [4.78, 5) is 4.26. The highest BCUT2D eigenvalue weighted by molar-refractivity contribution is 6.45. The summed E-state index contributed by atoms with van der Waals surface area (Å²) in [6.45, 7) is 2.52. The number of nitrogens with zero attached hydrogens (tertiary/aromatic N) is 2. The Morgan fingerprint density at radius 3 is 2.12 bits per heavy atom. The van der Waals surface area contributed by atoms with Crippen LogP contribution < -0.4 is 0 Å². The van der Waals surface area contributed by atoms with Crippen LogP contribution in [-0.2, 0) is 17.1 Å². The maximum absolute atomic E-state index is 13.6. The van der Waals surface area contributed by atoms with Gasteiger partial charge in [-0.05, 0) is 19.1 Å². The molecule has 1 aromatic carbocycles. The summed E-state index contributed by atoms with van der Waals surface area (Å²) >= 11 is 0. The maximum Gasteiger partial charge on any atom is 0.434 e. The summed E-state index contributed by atoms with van der Waals surface area (Å²) in [5.41, 5.74) is -7.17. The molecule has 1 aromatic rings. The molecule has 2 atom stereocenters. The summed E-state index contributed by atoms with van der Waals surface area (Å²) in [5.74, 6) is 0. The van der Waals surface area contributed by atoms with Gasteiger partial charge >= 0.3 is 18.5 Å². The molecule has 0 fully saturated rings. The van der Waals surface area contributed by atoms with Gasteiger partial charge in [-0.3, -0.25) is 10.4 Å². The van der Waals surface area contributed by atoms with E-state index in [-0.39, 0.29) is 19.2 Å². The summed E-state index contributed by atoms with van der Waals surface area (Å²) in [5, 5.41) is 7.86. The first-order chi connectivity index (χ1) is 14.6. The first-order valence-corrected chi connectivity index (χ1v) is 9.13. The van der Waals surface area contributed by atoms with Crippen molar-refractivity contribution in [3.8, 4) is 0 Å². The lowest BCUT2D eigenvalue weighted by atomic mass is 9.97. The average molecular weight is 475 g/mol. The van der Waals surface area contributed by atoms with Crippen molar-refractivity contribution in [3.63, 3.8) is 0 Å². The van der Waals surface area contributed by atoms with Gasteiger partial charge in [0.2, 0.25) is 0 Å². The number of rotatable bonds is 5. The molecule has 0 aliphatic carbocycles. The Morgan fingerprint density at radius 2 is 1.66 bits per heavy atom. The van der Waals surface area contributed by atoms with E-state index in [0.717, 1.165) is 4.90 Å². The number of ether oxygens (including phenoxy) is 1. The van der Waals surface area contributed by atoms with Crippen molar-refractivity contribution in [1.29, 1.82) is 5.41 Å². The number of alkyl halides is 9. The average Bonchev–Trinajstić information content (AvgIpc) is 2.66. The van der Waals surface area contributed by atoms with E-state index < -0.39 is 59.0 Å². The van der Waals surface area contributed by atoms with E-state index in [1.165, 1.54) is 19.1 Å². The molecule has 1 heterocycles. The van der Waals surface area contributed by atoms with Crippen LogP contribution in [0, 0.1) is 5.41 Å². The van der Waals surface area contributed by atoms with E-state index >= 15 is 0 Å². The van der Waals surface area contributed by atoms with Crippen molar-refractivity contribution in [1.82, 2.24) is 4.90 Å². The number of halogens is 9. The molecule has 0 saturated heterocycles. The van der Waals surface area contributed by atoms with Gasteiger partial charge in [0.25, 0.3) is 0 Å². The zero-order valence-corrected chi connectivity index (χ0v) is 16.7. The molecule has 0 spiro atoms. The quantitative estimate of drug-likeness (QED) is 0.420. The Hall–Kier alpha value is -2.41. The largest absolute Gasteiger partial charge is 0.434 e. The Balaban J connectivity index is 2.74. The molecule has 178 valence electrons. The summed E-state index contributed by atoms with van der Waals surface area (Å²) in [6, 6.07) is 0.632. The molecule has 0 saturated carbocycles. The molecular weight excluding hydrogens is 457 g/mol. The number of aliphatic imine (C=N–C) groups is 1. The van der Waals surface area contributed by atoms with Crippen molar-refractivity contribution >= 4 is 11.4 Å². The Morgan fingerprint density at radius 1 is 1.03 bits per heavy atom. The SMILES string of the molecule is CC=CCOC1C(=N)C(C(F)(F)F)=NC(c2ccc(C(F)(F)F)cc2C(F)(F)F)N1CC. The predicted octanol–water partition coefficient (Wildman–Crippen LogP) is 6.00. The summed E-state index contributed by atoms with van der Waals surface area (Å²) in [7, 11) is 0. The van der Waals surface area contributed by atoms with E-state index in [1.807, 2.05) is 0 Å². The first-order valence-electron chi connectivity index (χ1n) is 9.13. The fourth-order valence-electron chi connectivity index (χ4n) is 3.12. The summed E-state index contributed by atoms with van der Waals surface area (Å²) in [6.07, 6.45) is -16.4. The van der Waals surface area contributed by atoms with Crippen LogP contribution in [0.1, 0.15) is 36.7 Å². The van der Waals surface area contributed by atoms with Crippen LogP contribution in [0.15, 0.2) is 35.3 Å². The molecule has 13 heteroatoms. The van der Waals surface area contributed by atoms with E-state index in [0.29, 0.717) is 12.1 Å². The van der Waals surface area contributed by atoms with Crippen LogP contribution in [-0.4, -0.2) is 41.9 Å². The molecular formula is C19H18F9N3O. The Labute approximate surface area is 176 Å². The van der Waals surface area contributed by atoms with Gasteiger partial charge in [0.05, 0.1) is 17.7 Å². The lowest BCUT2D eigenvalue weighted by molar-refractivity contribution is -0.144. The van der Waals surface area contributed by atoms with Crippen LogP contribution in [0.3, 0.4) is 0 Å². The van der Waals surface area contributed by atoms with Gasteiger partial charge in [-0.15, -0.1) is 0 Å². The predicted molar refractivity (Wildman–Crippen MR) is 97.3 cm³/mol. The summed E-state index contributed by atoms with van der Waals surface area (Å²) < 4.78 is 126. The smallest absolute Gasteiger partial charge is 0.353 e. The second kappa shape index (κ2) is 9.22. The number of hydrogen-bond donors (Lipinski definition) is 1. The van der Waals surface area contributed by atoms with Gasteiger partial charge in [0, 0.05) is 12.1 Å². The minimum atomic E-state index is -5.31. The molecule has 2 unspecified atom stereocenters. The Kier molecular flexibility index (Phi) is 7.45. The van der Waals surface area contributed by atoms with Crippen molar-refractivity contribution in [2.24, 2.45) is 4.99 Å². The van der Waals surface area contributed by atoms with Crippen molar-refractivity contribution in [3.05, 3.63) is 47.0 Å². The second-order valence-electron chi connectivity index (χ2n) is 6.65. The van der Waals surface area contributed by atoms with Gasteiger partial charge in [-0.1, -0.05) is 25.1 Å². The van der Waals surface area contributed by atoms with Gasteiger partial charge in [-0.25, -0.2) is 4.90 Å². The second-order valence-corrected chi connectivity index (χ2v) is 6.65. The van der Waals surface area contributed by atoms with E-state index in [2.05, 4.69) is 4.99 Å². The van der Waals surface area contributed by atoms with Crippen molar-refractivity contribution in [2.75, 3.05) is 13.2 Å². The van der Waals surface area contributed by atoms with Crippen LogP contribution in [0.25, 0.3) is 0 Å². The lowest BCUT2D eigenvalue weighted by Gasteiger charge is -2.40. The highest BCUT2D eigenvalue weighted by Gasteiger charge is 2.49. The molecule has 2 rings (SSSR count). The highest BCUT2D eigenvalue weighted by atomic mass is 19.4. The molecule has 1 aliphatic rings. The standard InChI is InChI=1S/C19H18F9N3O/c1-3-5-8-32-16-13(29)14(19(26,27)28)30-15(31(16)4-2)11-7-6-10(17(20,21)22)9-12(11)18(23,24)25/h3,5-7,9,15-16,29H,4,8H2,1-2H3. The molecule has 1 N–H and O–H groups in total. The molecule has 32 heavy (non-hydrogen) atoms. The number of hydrogen-bond acceptors (Lipinski definition) is 4. The highest BCUT2D eigenvalue weighted by Crippen LogP contribution is 2.42. The minimum Gasteiger partial charge on any atom is -0.353 e. The fourth-order valence-corrected chi connectivity index (χ4v) is 3.12. The van der Waals surface area contributed by atoms with Gasteiger partial charge < -0.3 is 4.74 Å². The van der Waals surface area contributed by atoms with Crippen molar-refractivity contribution in [2.45, 2.75) is 44.8 Å². The zero-order chi connectivity index (χ0) is 24.5. The van der Waals surface area contributed by atoms with Gasteiger partial charge in [0.15, 0.2) is 11.9 Å². The molecule has 0 amide bonds. The molecule has 1 aliphatic heterocycles. The monoisotopic (exact) mass is 475 g/mol. The van der Waals surface area contributed by atoms with Crippen LogP contribution in [0.4, 0.5) is 39.5 Å². The van der Waals surface area contributed by atoms with E-state index in [4.69, 9.17) is 10.1 Å². The number of allylic oxidation sites excluding steroid dienone is 1. The third kappa shape index (κ3) is 5.49. The van der Waals surface area contributed by atoms with Crippen LogP contribution in [0.2, 0.25) is 0 Å². The number of benzene rings is 1.